The number of halogens is 1. The first kappa shape index (κ1) is 15.4. The number of nitrogens with one attached hydrogen (secondary N) is 1. The molecule has 0 bridgehead atoms. The molecule has 1 N–H and O–H groups in total. The van der Waals surface area contributed by atoms with Crippen LogP contribution in [0.25, 0.3) is 10.9 Å². The predicted octanol–water partition coefficient (Wildman–Crippen LogP) is 3.15. The monoisotopic (exact) mass is 320 g/mol. The molecule has 0 aliphatic carbocycles. The van der Waals surface area contributed by atoms with Crippen LogP contribution in [0.4, 0.5) is 0 Å². The van der Waals surface area contributed by atoms with Crippen LogP contribution in [-0.4, -0.2) is 29.7 Å². The molecule has 2 aromatic rings. The van der Waals surface area contributed by atoms with Crippen molar-refractivity contribution in [2.24, 2.45) is 0 Å². The zero-order chi connectivity index (χ0) is 15.5. The number of fused-ring (bicyclic) bond motifs is 1. The zero-order valence-electron chi connectivity index (χ0n) is 12.8. The van der Waals surface area contributed by atoms with Crippen molar-refractivity contribution in [3.05, 3.63) is 35.0 Å². The fraction of sp³-hybridized carbons (Fsp3) is 0.471. The van der Waals surface area contributed by atoms with Crippen molar-refractivity contribution in [3.8, 4) is 0 Å². The van der Waals surface area contributed by atoms with E-state index in [0.29, 0.717) is 12.6 Å². The molecule has 1 fully saturated rings. The van der Waals surface area contributed by atoms with E-state index in [4.69, 9.17) is 16.3 Å². The fourth-order valence-electron chi connectivity index (χ4n) is 3.18. The summed E-state index contributed by atoms with van der Waals surface area (Å²) in [6.45, 7) is 3.56. The van der Waals surface area contributed by atoms with Crippen LogP contribution < -0.4 is 5.32 Å². The van der Waals surface area contributed by atoms with E-state index in [1.807, 2.05) is 29.7 Å². The summed E-state index contributed by atoms with van der Waals surface area (Å²) in [5.41, 5.74) is 2.27. The van der Waals surface area contributed by atoms with Crippen molar-refractivity contribution in [2.75, 3.05) is 13.2 Å². The third kappa shape index (κ3) is 3.28. The minimum atomic E-state index is -0.208. The van der Waals surface area contributed by atoms with Crippen molar-refractivity contribution in [2.45, 2.75) is 38.8 Å². The molecular weight excluding hydrogens is 300 g/mol. The van der Waals surface area contributed by atoms with Crippen LogP contribution in [0, 0.1) is 0 Å². The number of rotatable bonds is 5. The molecule has 1 aliphatic rings. The molecule has 1 saturated heterocycles. The highest BCUT2D eigenvalue weighted by molar-refractivity contribution is 6.31. The first-order valence-corrected chi connectivity index (χ1v) is 8.21. The Morgan fingerprint density at radius 1 is 1.50 bits per heavy atom. The van der Waals surface area contributed by atoms with E-state index < -0.39 is 0 Å². The summed E-state index contributed by atoms with van der Waals surface area (Å²) in [5, 5.41) is 5.38. The van der Waals surface area contributed by atoms with E-state index in [1.54, 1.807) is 0 Å². The average molecular weight is 321 g/mol. The van der Waals surface area contributed by atoms with E-state index in [1.165, 1.54) is 18.4 Å². The Bertz CT molecular complexity index is 675. The van der Waals surface area contributed by atoms with Gasteiger partial charge in [0.2, 0.25) is 0 Å². The topological polar surface area (TPSA) is 43.3 Å². The molecule has 5 heteroatoms. The Hall–Kier alpha value is -1.52. The van der Waals surface area contributed by atoms with Gasteiger partial charge in [0.05, 0.1) is 6.61 Å². The van der Waals surface area contributed by atoms with Crippen molar-refractivity contribution < 1.29 is 9.53 Å². The maximum absolute atomic E-state index is 11.8. The van der Waals surface area contributed by atoms with Crippen LogP contribution in [0.5, 0.6) is 0 Å². The Morgan fingerprint density at radius 2 is 2.36 bits per heavy atom. The van der Waals surface area contributed by atoms with Crippen LogP contribution in [0.3, 0.4) is 0 Å². The van der Waals surface area contributed by atoms with Gasteiger partial charge in [-0.3, -0.25) is 4.79 Å². The van der Waals surface area contributed by atoms with Crippen LogP contribution >= 0.6 is 11.6 Å². The van der Waals surface area contributed by atoms with Gasteiger partial charge in [0.25, 0.3) is 0 Å². The lowest BCUT2D eigenvalue weighted by Crippen LogP contribution is -2.23. The Morgan fingerprint density at radius 3 is 3.09 bits per heavy atom. The molecule has 3 rings (SSSR count). The number of carbonyl (C=O) groups is 1. The van der Waals surface area contributed by atoms with Gasteiger partial charge in [0.1, 0.15) is 6.54 Å². The minimum Gasteiger partial charge on any atom is -0.465 e. The summed E-state index contributed by atoms with van der Waals surface area (Å²) in [4.78, 5) is 11.8. The van der Waals surface area contributed by atoms with Crippen molar-refractivity contribution in [3.63, 3.8) is 0 Å². The normalized spacial score (nSPS) is 18.0. The van der Waals surface area contributed by atoms with Crippen molar-refractivity contribution in [1.82, 2.24) is 9.88 Å². The molecular formula is C17H21ClN2O2. The fourth-order valence-corrected chi connectivity index (χ4v) is 3.35. The molecule has 4 nitrogen and oxygen atoms in total. The highest BCUT2D eigenvalue weighted by Crippen LogP contribution is 2.27. The van der Waals surface area contributed by atoms with Crippen LogP contribution in [0.2, 0.25) is 5.02 Å². The third-order valence-corrected chi connectivity index (χ3v) is 4.39. The molecule has 0 spiro atoms. The minimum absolute atomic E-state index is 0.208. The summed E-state index contributed by atoms with van der Waals surface area (Å²) in [6, 6.07) is 6.34. The number of aromatic nitrogens is 1. The molecule has 1 unspecified atom stereocenters. The lowest BCUT2D eigenvalue weighted by Gasteiger charge is -2.08. The number of carbonyl (C=O) groups excluding carboxylic acids is 1. The second-order valence-corrected chi connectivity index (χ2v) is 6.18. The molecule has 118 valence electrons. The second-order valence-electron chi connectivity index (χ2n) is 5.75. The molecule has 0 amide bonds. The molecule has 2 heterocycles. The van der Waals surface area contributed by atoms with Gasteiger partial charge in [-0.25, -0.2) is 0 Å². The van der Waals surface area contributed by atoms with Gasteiger partial charge in [0.15, 0.2) is 0 Å². The van der Waals surface area contributed by atoms with Crippen LogP contribution in [-0.2, 0) is 22.5 Å². The van der Waals surface area contributed by atoms with E-state index in [0.717, 1.165) is 28.9 Å². The average Bonchev–Trinajstić information content (AvgIpc) is 3.09. The number of nitrogens with zero attached hydrogens (tertiary/aromatic N) is 1. The van der Waals surface area contributed by atoms with E-state index in [9.17, 15) is 4.79 Å². The van der Waals surface area contributed by atoms with Gasteiger partial charge in [-0.2, -0.15) is 0 Å². The molecule has 1 aromatic carbocycles. The predicted molar refractivity (Wildman–Crippen MR) is 88.3 cm³/mol. The largest absolute Gasteiger partial charge is 0.465 e. The Balaban J connectivity index is 1.92. The molecule has 1 aliphatic heterocycles. The molecule has 1 aromatic heterocycles. The van der Waals surface area contributed by atoms with Gasteiger partial charge in [-0.1, -0.05) is 11.6 Å². The summed E-state index contributed by atoms with van der Waals surface area (Å²) in [7, 11) is 0. The second kappa shape index (κ2) is 6.71. The number of ether oxygens (including phenoxy) is 1. The van der Waals surface area contributed by atoms with Gasteiger partial charge in [0, 0.05) is 28.2 Å². The molecule has 0 saturated carbocycles. The molecule has 0 radical (unpaired) electrons. The van der Waals surface area contributed by atoms with Gasteiger partial charge in [-0.05, 0) is 56.5 Å². The van der Waals surface area contributed by atoms with Gasteiger partial charge >= 0.3 is 5.97 Å². The lowest BCUT2D eigenvalue weighted by molar-refractivity contribution is -0.143. The SMILES string of the molecule is CCOC(=O)Cn1cc(CC2CCCN2)c2cc(Cl)ccc21. The zero-order valence-corrected chi connectivity index (χ0v) is 13.5. The van der Waals surface area contributed by atoms with Crippen molar-refractivity contribution in [1.29, 1.82) is 0 Å². The summed E-state index contributed by atoms with van der Waals surface area (Å²) >= 11 is 6.16. The van der Waals surface area contributed by atoms with Gasteiger partial charge in [-0.15, -0.1) is 0 Å². The van der Waals surface area contributed by atoms with E-state index >= 15 is 0 Å². The van der Waals surface area contributed by atoms with E-state index in [2.05, 4.69) is 11.5 Å². The number of hydrogen-bond donors (Lipinski definition) is 1. The maximum atomic E-state index is 11.8. The smallest absolute Gasteiger partial charge is 0.325 e. The van der Waals surface area contributed by atoms with Crippen LogP contribution in [0.15, 0.2) is 24.4 Å². The number of esters is 1. The van der Waals surface area contributed by atoms with Crippen LogP contribution in [0.1, 0.15) is 25.3 Å². The summed E-state index contributed by atoms with van der Waals surface area (Å²) in [5.74, 6) is -0.208. The summed E-state index contributed by atoms with van der Waals surface area (Å²) in [6.07, 6.45) is 5.46. The third-order valence-electron chi connectivity index (χ3n) is 4.16. The van der Waals surface area contributed by atoms with Gasteiger partial charge < -0.3 is 14.6 Å². The maximum Gasteiger partial charge on any atom is 0.325 e. The molecule has 22 heavy (non-hydrogen) atoms. The summed E-state index contributed by atoms with van der Waals surface area (Å²) < 4.78 is 7.03. The number of benzene rings is 1. The van der Waals surface area contributed by atoms with Crippen molar-refractivity contribution >= 4 is 28.5 Å². The highest BCUT2D eigenvalue weighted by atomic mass is 35.5. The lowest BCUT2D eigenvalue weighted by atomic mass is 10.0. The first-order valence-electron chi connectivity index (χ1n) is 7.83. The Kier molecular flexibility index (Phi) is 4.69. The quantitative estimate of drug-likeness (QED) is 0.861. The standard InChI is InChI=1S/C17H21ClN2O2/c1-2-22-17(21)11-20-10-12(8-14-4-3-7-19-14)15-9-13(18)5-6-16(15)20/h5-6,9-10,14,19H,2-4,7-8,11H2,1H3. The first-order chi connectivity index (χ1) is 10.7. The van der Waals surface area contributed by atoms with E-state index in [-0.39, 0.29) is 12.5 Å². The molecule has 1 atom stereocenters. The Labute approximate surface area is 135 Å². The highest BCUT2D eigenvalue weighted by Gasteiger charge is 2.18. The number of hydrogen-bond acceptors (Lipinski definition) is 3.